The summed E-state index contributed by atoms with van der Waals surface area (Å²) in [6.45, 7) is 2.93. The first-order valence-corrected chi connectivity index (χ1v) is 8.16. The van der Waals surface area contributed by atoms with Gasteiger partial charge in [0.2, 0.25) is 0 Å². The van der Waals surface area contributed by atoms with Gasteiger partial charge in [0.05, 0.1) is 11.6 Å². The number of hydrogen-bond acceptors (Lipinski definition) is 5. The van der Waals surface area contributed by atoms with Crippen molar-refractivity contribution >= 4 is 29.2 Å². The van der Waals surface area contributed by atoms with Gasteiger partial charge in [0.15, 0.2) is 12.7 Å². The van der Waals surface area contributed by atoms with Crippen LogP contribution in [0, 0.1) is 18.3 Å². The van der Waals surface area contributed by atoms with Gasteiger partial charge in [-0.1, -0.05) is 17.7 Å². The molecule has 0 aliphatic carbocycles. The summed E-state index contributed by atoms with van der Waals surface area (Å²) in [6, 6.07) is 13.4. The molecule has 0 aromatic heterocycles. The molecule has 0 aliphatic rings. The Morgan fingerprint density at radius 3 is 2.54 bits per heavy atom. The molecule has 0 radical (unpaired) electrons. The maximum absolute atomic E-state index is 11.9. The number of ether oxygens (including phenoxy) is 2. The van der Waals surface area contributed by atoms with Crippen LogP contribution in [-0.4, -0.2) is 24.6 Å². The first kappa shape index (κ1) is 19.3. The minimum absolute atomic E-state index is 0.423. The molecule has 0 aliphatic heterocycles. The van der Waals surface area contributed by atoms with E-state index in [0.29, 0.717) is 22.0 Å². The highest BCUT2D eigenvalue weighted by Crippen LogP contribution is 2.20. The van der Waals surface area contributed by atoms with Crippen LogP contribution >= 0.6 is 11.6 Å². The van der Waals surface area contributed by atoms with Crippen molar-refractivity contribution in [3.05, 3.63) is 58.6 Å². The lowest BCUT2D eigenvalue weighted by Crippen LogP contribution is -2.29. The van der Waals surface area contributed by atoms with E-state index in [9.17, 15) is 9.59 Å². The third kappa shape index (κ3) is 5.50. The number of esters is 1. The SMILES string of the molecule is Cc1ccc(NC(=O)COC(=O)[C@@H](C)Oc2ccc(C#N)cc2)cc1Cl. The van der Waals surface area contributed by atoms with Gasteiger partial charge in [-0.3, -0.25) is 4.79 Å². The van der Waals surface area contributed by atoms with Crippen LogP contribution in [0.25, 0.3) is 0 Å². The van der Waals surface area contributed by atoms with E-state index in [1.165, 1.54) is 6.92 Å². The zero-order chi connectivity index (χ0) is 19.1. The van der Waals surface area contributed by atoms with Gasteiger partial charge < -0.3 is 14.8 Å². The fourth-order valence-electron chi connectivity index (χ4n) is 1.98. The summed E-state index contributed by atoms with van der Waals surface area (Å²) in [4.78, 5) is 23.8. The third-order valence-electron chi connectivity index (χ3n) is 3.43. The molecule has 1 amide bonds. The highest BCUT2D eigenvalue weighted by Gasteiger charge is 2.18. The number of rotatable bonds is 6. The number of carbonyl (C=O) groups is 2. The fourth-order valence-corrected chi connectivity index (χ4v) is 2.16. The molecular weight excluding hydrogens is 356 g/mol. The number of anilines is 1. The second kappa shape index (κ2) is 8.88. The van der Waals surface area contributed by atoms with Gasteiger partial charge >= 0.3 is 5.97 Å². The molecule has 0 unspecified atom stereocenters. The molecule has 0 fully saturated rings. The summed E-state index contributed by atoms with van der Waals surface area (Å²) < 4.78 is 10.4. The van der Waals surface area contributed by atoms with Gasteiger partial charge in [0.25, 0.3) is 5.91 Å². The average molecular weight is 373 g/mol. The van der Waals surface area contributed by atoms with E-state index >= 15 is 0 Å². The summed E-state index contributed by atoms with van der Waals surface area (Å²) in [5.74, 6) is -0.734. The number of nitrogens with zero attached hydrogens (tertiary/aromatic N) is 1. The monoisotopic (exact) mass is 372 g/mol. The first-order chi connectivity index (χ1) is 12.4. The van der Waals surface area contributed by atoms with Crippen LogP contribution < -0.4 is 10.1 Å². The van der Waals surface area contributed by atoms with E-state index in [2.05, 4.69) is 5.32 Å². The van der Waals surface area contributed by atoms with Crippen molar-refractivity contribution in [3.63, 3.8) is 0 Å². The summed E-state index contributed by atoms with van der Waals surface area (Å²) in [6.07, 6.45) is -0.899. The predicted octanol–water partition coefficient (Wildman–Crippen LogP) is 3.47. The topological polar surface area (TPSA) is 88.4 Å². The van der Waals surface area contributed by atoms with E-state index in [0.717, 1.165) is 5.56 Å². The predicted molar refractivity (Wildman–Crippen MR) is 97.0 cm³/mol. The molecule has 0 heterocycles. The quantitative estimate of drug-likeness (QED) is 0.784. The molecule has 26 heavy (non-hydrogen) atoms. The van der Waals surface area contributed by atoms with Crippen LogP contribution in [0.5, 0.6) is 5.75 Å². The van der Waals surface area contributed by atoms with Gasteiger partial charge in [-0.05, 0) is 55.8 Å². The number of benzene rings is 2. The maximum atomic E-state index is 11.9. The lowest BCUT2D eigenvalue weighted by molar-refractivity contribution is -0.153. The van der Waals surface area contributed by atoms with Gasteiger partial charge in [0, 0.05) is 10.7 Å². The number of amides is 1. The molecule has 0 bridgehead atoms. The molecule has 134 valence electrons. The van der Waals surface area contributed by atoms with Crippen LogP contribution in [0.1, 0.15) is 18.1 Å². The molecule has 6 nitrogen and oxygen atoms in total. The molecule has 0 saturated heterocycles. The van der Waals surface area contributed by atoms with Crippen LogP contribution in [0.3, 0.4) is 0 Å². The third-order valence-corrected chi connectivity index (χ3v) is 3.84. The Labute approximate surface area is 156 Å². The summed E-state index contributed by atoms with van der Waals surface area (Å²) in [5, 5.41) is 11.9. The van der Waals surface area contributed by atoms with Crippen molar-refractivity contribution in [1.82, 2.24) is 0 Å². The molecule has 1 N–H and O–H groups in total. The molecular formula is C19H17ClN2O4. The van der Waals surface area contributed by atoms with E-state index in [4.69, 9.17) is 26.3 Å². The molecule has 0 spiro atoms. The van der Waals surface area contributed by atoms with Crippen LogP contribution in [-0.2, 0) is 14.3 Å². The standard InChI is InChI=1S/C19H17ClN2O4/c1-12-3-6-15(9-17(12)20)22-18(23)11-25-19(24)13(2)26-16-7-4-14(10-21)5-8-16/h3-9,13H,11H2,1-2H3,(H,22,23)/t13-/m1/s1. The number of hydrogen-bond donors (Lipinski definition) is 1. The lowest BCUT2D eigenvalue weighted by atomic mass is 10.2. The second-order valence-corrected chi connectivity index (χ2v) is 5.92. The first-order valence-electron chi connectivity index (χ1n) is 7.78. The number of nitrogens with one attached hydrogen (secondary N) is 1. The summed E-state index contributed by atoms with van der Waals surface area (Å²) in [5.41, 5.74) is 1.90. The molecule has 2 rings (SSSR count). The van der Waals surface area contributed by atoms with Gasteiger partial charge in [0.1, 0.15) is 5.75 Å². The molecule has 7 heteroatoms. The Morgan fingerprint density at radius 1 is 1.23 bits per heavy atom. The minimum Gasteiger partial charge on any atom is -0.479 e. The average Bonchev–Trinajstić information content (AvgIpc) is 2.63. The van der Waals surface area contributed by atoms with Gasteiger partial charge in [-0.15, -0.1) is 0 Å². The highest BCUT2D eigenvalue weighted by molar-refractivity contribution is 6.31. The molecule has 2 aromatic carbocycles. The Bertz CT molecular complexity index is 844. The smallest absolute Gasteiger partial charge is 0.347 e. The van der Waals surface area contributed by atoms with Crippen molar-refractivity contribution in [2.24, 2.45) is 0 Å². The van der Waals surface area contributed by atoms with Crippen molar-refractivity contribution in [1.29, 1.82) is 5.26 Å². The van der Waals surface area contributed by atoms with E-state index < -0.39 is 24.6 Å². The van der Waals surface area contributed by atoms with E-state index in [-0.39, 0.29) is 0 Å². The zero-order valence-electron chi connectivity index (χ0n) is 14.3. The van der Waals surface area contributed by atoms with Gasteiger partial charge in [-0.2, -0.15) is 5.26 Å². The number of nitriles is 1. The van der Waals surface area contributed by atoms with Crippen LogP contribution in [0.2, 0.25) is 5.02 Å². The van der Waals surface area contributed by atoms with E-state index in [1.807, 2.05) is 13.0 Å². The Morgan fingerprint density at radius 2 is 1.92 bits per heavy atom. The van der Waals surface area contributed by atoms with E-state index in [1.54, 1.807) is 42.5 Å². The Balaban J connectivity index is 1.81. The van der Waals surface area contributed by atoms with Crippen molar-refractivity contribution in [2.75, 3.05) is 11.9 Å². The van der Waals surface area contributed by atoms with Crippen molar-refractivity contribution in [3.8, 4) is 11.8 Å². The maximum Gasteiger partial charge on any atom is 0.347 e. The normalized spacial score (nSPS) is 11.2. The zero-order valence-corrected chi connectivity index (χ0v) is 15.0. The largest absolute Gasteiger partial charge is 0.479 e. The Kier molecular flexibility index (Phi) is 6.59. The summed E-state index contributed by atoms with van der Waals surface area (Å²) in [7, 11) is 0. The van der Waals surface area contributed by atoms with Crippen molar-refractivity contribution in [2.45, 2.75) is 20.0 Å². The van der Waals surface area contributed by atoms with Crippen LogP contribution in [0.15, 0.2) is 42.5 Å². The molecule has 1 atom stereocenters. The number of halogens is 1. The fraction of sp³-hybridized carbons (Fsp3) is 0.211. The van der Waals surface area contributed by atoms with Crippen molar-refractivity contribution < 1.29 is 19.1 Å². The van der Waals surface area contributed by atoms with Gasteiger partial charge in [-0.25, -0.2) is 4.79 Å². The molecule has 0 saturated carbocycles. The lowest BCUT2D eigenvalue weighted by Gasteiger charge is -2.14. The number of aryl methyl sites for hydroxylation is 1. The summed E-state index contributed by atoms with van der Waals surface area (Å²) >= 11 is 5.99. The minimum atomic E-state index is -0.899. The van der Waals surface area contributed by atoms with Crippen LogP contribution in [0.4, 0.5) is 5.69 Å². The molecule has 2 aromatic rings. The highest BCUT2D eigenvalue weighted by atomic mass is 35.5. The second-order valence-electron chi connectivity index (χ2n) is 5.52. The Hall–Kier alpha value is -3.04. The number of carbonyl (C=O) groups excluding carboxylic acids is 2.